The Labute approximate surface area is 124 Å². The molecule has 0 atom stereocenters. The molecule has 21 heavy (non-hydrogen) atoms. The molecule has 1 N–H and O–H groups in total. The second-order valence-electron chi connectivity index (χ2n) is 4.41. The van der Waals surface area contributed by atoms with E-state index in [4.69, 9.17) is 14.6 Å². The van der Waals surface area contributed by atoms with E-state index in [0.717, 1.165) is 0 Å². The number of methoxy groups -OCH3 is 1. The van der Waals surface area contributed by atoms with Crippen molar-refractivity contribution >= 4 is 15.8 Å². The van der Waals surface area contributed by atoms with Gasteiger partial charge in [-0.25, -0.2) is 13.2 Å². The van der Waals surface area contributed by atoms with Crippen molar-refractivity contribution in [2.45, 2.75) is 18.2 Å². The van der Waals surface area contributed by atoms with Gasteiger partial charge in [-0.15, -0.1) is 0 Å². The van der Waals surface area contributed by atoms with E-state index in [0.29, 0.717) is 25.2 Å². The minimum Gasteiger partial charge on any atom is -0.478 e. The van der Waals surface area contributed by atoms with Crippen LogP contribution >= 0.6 is 0 Å². The summed E-state index contributed by atoms with van der Waals surface area (Å²) in [6.07, 6.45) is 0.513. The number of carbonyl (C=O) groups is 1. The smallest absolute Gasteiger partial charge is 0.335 e. The highest BCUT2D eigenvalue weighted by Crippen LogP contribution is 2.20. The van der Waals surface area contributed by atoms with Crippen LogP contribution in [0.2, 0.25) is 0 Å². The lowest BCUT2D eigenvalue weighted by Crippen LogP contribution is -2.16. The molecule has 0 saturated heterocycles. The van der Waals surface area contributed by atoms with Gasteiger partial charge in [-0.3, -0.25) is 0 Å². The third kappa shape index (κ3) is 5.11. The van der Waals surface area contributed by atoms with Crippen molar-refractivity contribution in [1.82, 2.24) is 0 Å². The lowest BCUT2D eigenvalue weighted by molar-refractivity contribution is 0.0696. The van der Waals surface area contributed by atoms with E-state index in [2.05, 4.69) is 0 Å². The predicted molar refractivity (Wildman–Crippen MR) is 77.5 cm³/mol. The number of aryl methyl sites for hydroxylation is 1. The lowest BCUT2D eigenvalue weighted by atomic mass is 10.1. The number of aromatic carboxylic acids is 1. The summed E-state index contributed by atoms with van der Waals surface area (Å²) >= 11 is 0. The minimum absolute atomic E-state index is 0.0360. The lowest BCUT2D eigenvalue weighted by Gasteiger charge is -2.10. The maximum absolute atomic E-state index is 12.3. The Kier molecular flexibility index (Phi) is 6.80. The number of carboxylic acids is 1. The summed E-state index contributed by atoms with van der Waals surface area (Å²) in [5.41, 5.74) is 0.572. The second-order valence-corrected chi connectivity index (χ2v) is 6.48. The predicted octanol–water partition coefficient (Wildman–Crippen LogP) is 1.38. The van der Waals surface area contributed by atoms with E-state index in [-0.39, 0.29) is 22.8 Å². The fraction of sp³-hybridized carbons (Fsp3) is 0.500. The second kappa shape index (κ2) is 8.11. The highest BCUT2D eigenvalue weighted by Gasteiger charge is 2.20. The first-order valence-corrected chi connectivity index (χ1v) is 8.23. The fourth-order valence-electron chi connectivity index (χ4n) is 1.79. The van der Waals surface area contributed by atoms with Crippen LogP contribution in [-0.4, -0.2) is 52.2 Å². The fourth-order valence-corrected chi connectivity index (χ4v) is 3.27. The summed E-state index contributed by atoms with van der Waals surface area (Å²) in [6, 6.07) is 4.17. The van der Waals surface area contributed by atoms with Crippen LogP contribution in [0.15, 0.2) is 23.1 Å². The number of rotatable bonds is 9. The number of hydrogen-bond acceptors (Lipinski definition) is 5. The molecule has 0 aliphatic heterocycles. The van der Waals surface area contributed by atoms with Crippen molar-refractivity contribution in [3.8, 4) is 0 Å². The monoisotopic (exact) mass is 316 g/mol. The van der Waals surface area contributed by atoms with E-state index in [1.165, 1.54) is 19.2 Å². The molecule has 6 nitrogen and oxygen atoms in total. The first-order valence-electron chi connectivity index (χ1n) is 6.58. The van der Waals surface area contributed by atoms with Gasteiger partial charge < -0.3 is 14.6 Å². The van der Waals surface area contributed by atoms with E-state index >= 15 is 0 Å². The van der Waals surface area contributed by atoms with Crippen molar-refractivity contribution in [3.63, 3.8) is 0 Å². The summed E-state index contributed by atoms with van der Waals surface area (Å²) in [4.78, 5) is 11.0. The molecule has 0 heterocycles. The molecule has 1 rings (SSSR count). The number of hydrogen-bond donors (Lipinski definition) is 1. The molecule has 0 unspecified atom stereocenters. The molecule has 0 aromatic heterocycles. The molecule has 0 radical (unpaired) electrons. The summed E-state index contributed by atoms with van der Waals surface area (Å²) in [5, 5.41) is 8.98. The summed E-state index contributed by atoms with van der Waals surface area (Å²) in [6.45, 7) is 2.59. The number of sulfone groups is 1. The molecular formula is C14H20O6S. The molecule has 0 bridgehead atoms. The number of benzene rings is 1. The Morgan fingerprint density at radius 2 is 1.95 bits per heavy atom. The maximum atomic E-state index is 12.3. The zero-order chi connectivity index (χ0) is 15.9. The largest absolute Gasteiger partial charge is 0.478 e. The third-order valence-corrected chi connectivity index (χ3v) is 4.71. The third-order valence-electron chi connectivity index (χ3n) is 2.96. The number of carboxylic acid groups (broad SMARTS) is 1. The molecule has 0 saturated carbocycles. The van der Waals surface area contributed by atoms with Crippen LogP contribution < -0.4 is 0 Å². The van der Waals surface area contributed by atoms with Gasteiger partial charge in [0.15, 0.2) is 9.84 Å². The van der Waals surface area contributed by atoms with Crippen LogP contribution in [0.5, 0.6) is 0 Å². The number of ether oxygens (including phenoxy) is 2. The van der Waals surface area contributed by atoms with Gasteiger partial charge in [0.25, 0.3) is 0 Å². The van der Waals surface area contributed by atoms with Crippen molar-refractivity contribution in [1.29, 1.82) is 0 Å². The van der Waals surface area contributed by atoms with Gasteiger partial charge in [0.2, 0.25) is 0 Å². The van der Waals surface area contributed by atoms with Crippen LogP contribution in [0.4, 0.5) is 0 Å². The highest BCUT2D eigenvalue weighted by molar-refractivity contribution is 7.91. The highest BCUT2D eigenvalue weighted by atomic mass is 32.2. The molecule has 7 heteroatoms. The molecule has 1 aromatic carbocycles. The van der Waals surface area contributed by atoms with Crippen molar-refractivity contribution in [3.05, 3.63) is 29.3 Å². The standard InChI is InChI=1S/C14H20O6S/c1-3-11-4-5-12(14(15)16)10-13(11)21(17,18)9-8-20-7-6-19-2/h4-5,10H,3,6-9H2,1-2H3,(H,15,16). The molecule has 118 valence electrons. The molecule has 1 aromatic rings. The molecule has 0 fully saturated rings. The van der Waals surface area contributed by atoms with Crippen LogP contribution in [0, 0.1) is 0 Å². The molecule has 0 aliphatic carbocycles. The molecule has 0 spiro atoms. The van der Waals surface area contributed by atoms with Gasteiger partial charge in [-0.2, -0.15) is 0 Å². The SMILES string of the molecule is CCc1ccc(C(=O)O)cc1S(=O)(=O)CCOCCOC. The first-order chi connectivity index (χ1) is 9.92. The topological polar surface area (TPSA) is 89.9 Å². The van der Waals surface area contributed by atoms with E-state index in [1.54, 1.807) is 6.07 Å². The molecular weight excluding hydrogens is 296 g/mol. The van der Waals surface area contributed by atoms with Gasteiger partial charge in [-0.1, -0.05) is 13.0 Å². The quantitative estimate of drug-likeness (QED) is 0.692. The van der Waals surface area contributed by atoms with Gasteiger partial charge in [0.1, 0.15) is 0 Å². The maximum Gasteiger partial charge on any atom is 0.335 e. The van der Waals surface area contributed by atoms with Crippen LogP contribution in [0.25, 0.3) is 0 Å². The minimum atomic E-state index is -3.58. The molecule has 0 amide bonds. The van der Waals surface area contributed by atoms with E-state index in [1.807, 2.05) is 6.92 Å². The summed E-state index contributed by atoms with van der Waals surface area (Å²) in [5.74, 6) is -1.34. The normalized spacial score (nSPS) is 11.5. The van der Waals surface area contributed by atoms with Crippen molar-refractivity contribution in [2.75, 3.05) is 32.7 Å². The zero-order valence-electron chi connectivity index (χ0n) is 12.2. The average Bonchev–Trinajstić information content (AvgIpc) is 2.46. The van der Waals surface area contributed by atoms with Crippen LogP contribution in [-0.2, 0) is 25.7 Å². The van der Waals surface area contributed by atoms with Gasteiger partial charge in [0, 0.05) is 7.11 Å². The van der Waals surface area contributed by atoms with E-state index < -0.39 is 15.8 Å². The summed E-state index contributed by atoms with van der Waals surface area (Å²) in [7, 11) is -2.04. The Balaban J connectivity index is 2.90. The summed E-state index contributed by atoms with van der Waals surface area (Å²) < 4.78 is 34.6. The Morgan fingerprint density at radius 1 is 1.24 bits per heavy atom. The Hall–Kier alpha value is -1.44. The van der Waals surface area contributed by atoms with Gasteiger partial charge in [-0.05, 0) is 24.1 Å². The first kappa shape index (κ1) is 17.6. The van der Waals surface area contributed by atoms with Crippen LogP contribution in [0.3, 0.4) is 0 Å². The van der Waals surface area contributed by atoms with Gasteiger partial charge >= 0.3 is 5.97 Å². The zero-order valence-corrected chi connectivity index (χ0v) is 13.0. The average molecular weight is 316 g/mol. The Bertz CT molecular complexity index is 579. The van der Waals surface area contributed by atoms with Crippen LogP contribution in [0.1, 0.15) is 22.8 Å². The van der Waals surface area contributed by atoms with E-state index in [9.17, 15) is 13.2 Å². The van der Waals surface area contributed by atoms with Crippen molar-refractivity contribution < 1.29 is 27.8 Å². The van der Waals surface area contributed by atoms with Gasteiger partial charge in [0.05, 0.1) is 36.0 Å². The Morgan fingerprint density at radius 3 is 2.52 bits per heavy atom. The van der Waals surface area contributed by atoms with Crippen molar-refractivity contribution in [2.24, 2.45) is 0 Å². The molecule has 0 aliphatic rings.